The van der Waals surface area contributed by atoms with Crippen molar-refractivity contribution in [2.75, 3.05) is 32.8 Å². The fourth-order valence-corrected chi connectivity index (χ4v) is 1.47. The highest BCUT2D eigenvalue weighted by atomic mass is 16.5. The van der Waals surface area contributed by atoms with Crippen LogP contribution < -0.4 is 0 Å². The summed E-state index contributed by atoms with van der Waals surface area (Å²) < 4.78 is 5.40. The number of ketones is 1. The molecule has 0 N–H and O–H groups in total. The molecule has 0 spiro atoms. The van der Waals surface area contributed by atoms with E-state index in [0.29, 0.717) is 25.2 Å². The van der Waals surface area contributed by atoms with Crippen molar-refractivity contribution in [1.82, 2.24) is 4.90 Å². The highest BCUT2D eigenvalue weighted by molar-refractivity contribution is 5.79. The Balaban J connectivity index is 2.02. The van der Waals surface area contributed by atoms with Gasteiger partial charge in [0, 0.05) is 32.5 Å². The third kappa shape index (κ3) is 4.53. The van der Waals surface area contributed by atoms with E-state index in [2.05, 4.69) is 11.5 Å². The molecule has 3 heteroatoms. The molecule has 0 aromatic carbocycles. The molecule has 1 saturated heterocycles. The topological polar surface area (TPSA) is 29.5 Å². The molecule has 1 rings (SSSR count). The minimum atomic E-state index is 0.393. The van der Waals surface area contributed by atoms with Crippen LogP contribution in [0.15, 0.2) is 12.2 Å². The van der Waals surface area contributed by atoms with Crippen molar-refractivity contribution in [1.29, 1.82) is 0 Å². The molecule has 0 saturated carbocycles. The molecule has 0 unspecified atom stereocenters. The molecule has 1 fully saturated rings. The first-order chi connectivity index (χ1) is 6.68. The smallest absolute Gasteiger partial charge is 0.135 e. The Hall–Kier alpha value is -0.670. The standard InChI is InChI=1S/C11H19NO2/c1-10(2)9-14-8-7-12-5-3-11(13)4-6-12/h1,3-9H2,2H3. The van der Waals surface area contributed by atoms with Crippen molar-refractivity contribution >= 4 is 5.78 Å². The van der Waals surface area contributed by atoms with Gasteiger partial charge in [-0.2, -0.15) is 0 Å². The summed E-state index contributed by atoms with van der Waals surface area (Å²) in [5.74, 6) is 0.393. The molecule has 1 heterocycles. The lowest BCUT2D eigenvalue weighted by molar-refractivity contribution is -0.121. The zero-order valence-electron chi connectivity index (χ0n) is 8.92. The summed E-state index contributed by atoms with van der Waals surface area (Å²) in [6.07, 6.45) is 1.42. The summed E-state index contributed by atoms with van der Waals surface area (Å²) in [5.41, 5.74) is 1.05. The Morgan fingerprint density at radius 3 is 2.71 bits per heavy atom. The van der Waals surface area contributed by atoms with Gasteiger partial charge in [0.2, 0.25) is 0 Å². The van der Waals surface area contributed by atoms with Gasteiger partial charge in [-0.1, -0.05) is 12.2 Å². The molecule has 0 aliphatic carbocycles. The fraction of sp³-hybridized carbons (Fsp3) is 0.727. The largest absolute Gasteiger partial charge is 0.376 e. The lowest BCUT2D eigenvalue weighted by Gasteiger charge is -2.25. The molecule has 1 aliphatic heterocycles. The first-order valence-electron chi connectivity index (χ1n) is 5.14. The van der Waals surface area contributed by atoms with E-state index >= 15 is 0 Å². The van der Waals surface area contributed by atoms with Crippen LogP contribution in [0.5, 0.6) is 0 Å². The number of nitrogens with zero attached hydrogens (tertiary/aromatic N) is 1. The van der Waals surface area contributed by atoms with E-state index in [-0.39, 0.29) is 0 Å². The molecule has 0 radical (unpaired) electrons. The summed E-state index contributed by atoms with van der Waals surface area (Å²) in [6, 6.07) is 0. The summed E-state index contributed by atoms with van der Waals surface area (Å²) in [4.78, 5) is 13.2. The third-order valence-electron chi connectivity index (χ3n) is 2.31. The van der Waals surface area contributed by atoms with Gasteiger partial charge in [0.15, 0.2) is 0 Å². The van der Waals surface area contributed by atoms with Gasteiger partial charge in [0.1, 0.15) is 5.78 Å². The zero-order valence-corrected chi connectivity index (χ0v) is 8.92. The number of rotatable bonds is 5. The summed E-state index contributed by atoms with van der Waals surface area (Å²) in [7, 11) is 0. The van der Waals surface area contributed by atoms with E-state index in [9.17, 15) is 4.79 Å². The Kier molecular flexibility index (Phi) is 4.84. The van der Waals surface area contributed by atoms with Gasteiger partial charge in [0.05, 0.1) is 13.2 Å². The first-order valence-corrected chi connectivity index (χ1v) is 5.14. The van der Waals surface area contributed by atoms with Crippen molar-refractivity contribution in [3.8, 4) is 0 Å². The predicted molar refractivity (Wildman–Crippen MR) is 56.3 cm³/mol. The predicted octanol–water partition coefficient (Wildman–Crippen LogP) is 1.24. The molecule has 0 amide bonds. The highest BCUT2D eigenvalue weighted by Crippen LogP contribution is 2.04. The van der Waals surface area contributed by atoms with Crippen molar-refractivity contribution in [2.24, 2.45) is 0 Å². The van der Waals surface area contributed by atoms with Gasteiger partial charge in [0.25, 0.3) is 0 Å². The summed E-state index contributed by atoms with van der Waals surface area (Å²) in [6.45, 7) is 9.83. The zero-order chi connectivity index (χ0) is 10.4. The van der Waals surface area contributed by atoms with Gasteiger partial charge in [-0.15, -0.1) is 0 Å². The second kappa shape index (κ2) is 5.94. The van der Waals surface area contributed by atoms with Crippen molar-refractivity contribution in [3.05, 3.63) is 12.2 Å². The maximum atomic E-state index is 11.0. The molecule has 0 aromatic heterocycles. The van der Waals surface area contributed by atoms with E-state index in [4.69, 9.17) is 4.74 Å². The molecule has 1 aliphatic rings. The Morgan fingerprint density at radius 1 is 1.50 bits per heavy atom. The van der Waals surface area contributed by atoms with Crippen LogP contribution in [0.2, 0.25) is 0 Å². The number of piperidine rings is 1. The Morgan fingerprint density at radius 2 is 2.14 bits per heavy atom. The minimum absolute atomic E-state index is 0.393. The van der Waals surface area contributed by atoms with Crippen LogP contribution in [0.25, 0.3) is 0 Å². The second-order valence-corrected chi connectivity index (χ2v) is 3.89. The number of likely N-dealkylation sites (tertiary alicyclic amines) is 1. The number of hydrogen-bond acceptors (Lipinski definition) is 3. The molecule has 3 nitrogen and oxygen atoms in total. The van der Waals surface area contributed by atoms with Crippen LogP contribution in [0.4, 0.5) is 0 Å². The molecule has 0 atom stereocenters. The normalized spacial score (nSPS) is 18.5. The van der Waals surface area contributed by atoms with Crippen molar-refractivity contribution in [3.63, 3.8) is 0 Å². The van der Waals surface area contributed by atoms with Crippen LogP contribution in [0, 0.1) is 0 Å². The molecule has 14 heavy (non-hydrogen) atoms. The third-order valence-corrected chi connectivity index (χ3v) is 2.31. The van der Waals surface area contributed by atoms with Crippen LogP contribution in [-0.4, -0.2) is 43.5 Å². The maximum Gasteiger partial charge on any atom is 0.135 e. The van der Waals surface area contributed by atoms with Crippen molar-refractivity contribution in [2.45, 2.75) is 19.8 Å². The molecular formula is C11H19NO2. The van der Waals surface area contributed by atoms with Gasteiger partial charge in [-0.3, -0.25) is 4.79 Å². The molecule has 80 valence electrons. The van der Waals surface area contributed by atoms with Gasteiger partial charge < -0.3 is 9.64 Å². The van der Waals surface area contributed by atoms with Crippen LogP contribution in [0.1, 0.15) is 19.8 Å². The fourth-order valence-electron chi connectivity index (χ4n) is 1.47. The van der Waals surface area contributed by atoms with Crippen LogP contribution in [-0.2, 0) is 9.53 Å². The van der Waals surface area contributed by atoms with Gasteiger partial charge in [-0.05, 0) is 6.92 Å². The Bertz CT molecular complexity index is 203. The van der Waals surface area contributed by atoms with Crippen LogP contribution in [0.3, 0.4) is 0 Å². The van der Waals surface area contributed by atoms with Gasteiger partial charge in [-0.25, -0.2) is 0 Å². The SMILES string of the molecule is C=C(C)COCCN1CCC(=O)CC1. The number of carbonyl (C=O) groups is 1. The summed E-state index contributed by atoms with van der Waals surface area (Å²) in [5, 5.41) is 0. The number of ether oxygens (including phenoxy) is 1. The quantitative estimate of drug-likeness (QED) is 0.490. The second-order valence-electron chi connectivity index (χ2n) is 3.89. The van der Waals surface area contributed by atoms with Crippen LogP contribution >= 0.6 is 0 Å². The molecule has 0 aromatic rings. The average molecular weight is 197 g/mol. The van der Waals surface area contributed by atoms with Crippen molar-refractivity contribution < 1.29 is 9.53 Å². The van der Waals surface area contributed by atoms with Gasteiger partial charge >= 0.3 is 0 Å². The van der Waals surface area contributed by atoms with E-state index < -0.39 is 0 Å². The summed E-state index contributed by atoms with van der Waals surface area (Å²) >= 11 is 0. The molecule has 0 bridgehead atoms. The number of Topliss-reactive ketones (excluding diaryl/α,β-unsaturated/α-hetero) is 1. The molecular weight excluding hydrogens is 178 g/mol. The number of carbonyl (C=O) groups excluding carboxylic acids is 1. The lowest BCUT2D eigenvalue weighted by Crippen LogP contribution is -2.36. The lowest BCUT2D eigenvalue weighted by atomic mass is 10.1. The highest BCUT2D eigenvalue weighted by Gasteiger charge is 2.14. The minimum Gasteiger partial charge on any atom is -0.376 e. The number of hydrogen-bond donors (Lipinski definition) is 0. The van der Waals surface area contributed by atoms with E-state index in [0.717, 1.165) is 31.8 Å². The maximum absolute atomic E-state index is 11.0. The van der Waals surface area contributed by atoms with E-state index in [1.54, 1.807) is 0 Å². The van der Waals surface area contributed by atoms with E-state index in [1.165, 1.54) is 0 Å². The first kappa shape index (κ1) is 11.4. The average Bonchev–Trinajstić information content (AvgIpc) is 2.15. The Labute approximate surface area is 85.7 Å². The monoisotopic (exact) mass is 197 g/mol. The van der Waals surface area contributed by atoms with E-state index in [1.807, 2.05) is 6.92 Å².